The largest absolute Gasteiger partial charge is 0.493 e. The van der Waals surface area contributed by atoms with E-state index < -0.39 is 0 Å². The number of hydrogen-bond donors (Lipinski definition) is 0. The highest BCUT2D eigenvalue weighted by molar-refractivity contribution is 5.92. The average molecular weight is 537 g/mol. The van der Waals surface area contributed by atoms with E-state index in [1.165, 1.54) is 61.8 Å². The summed E-state index contributed by atoms with van der Waals surface area (Å²) in [5, 5.41) is 0. The Morgan fingerprint density at radius 1 is 0.872 bits per heavy atom. The maximum atomic E-state index is 12.9. The lowest BCUT2D eigenvalue weighted by atomic mass is 10.1. The van der Waals surface area contributed by atoms with Crippen LogP contribution in [0.2, 0.25) is 0 Å². The number of carbonyl (C=O) groups is 1. The highest BCUT2D eigenvalue weighted by Gasteiger charge is 2.21. The highest BCUT2D eigenvalue weighted by atomic mass is 16.5. The lowest BCUT2D eigenvalue weighted by Crippen LogP contribution is -2.48. The lowest BCUT2D eigenvalue weighted by molar-refractivity contribution is -0.126. The van der Waals surface area contributed by atoms with Crippen LogP contribution in [0.25, 0.3) is 6.08 Å². The number of benzene rings is 2. The number of carbonyl (C=O) groups excluding carboxylic acids is 1. The molecular weight excluding hydrogens is 488 g/mol. The van der Waals surface area contributed by atoms with Gasteiger partial charge in [-0.25, -0.2) is 0 Å². The molecule has 6 nitrogen and oxygen atoms in total. The molecule has 1 aliphatic rings. The molecule has 1 heterocycles. The Balaban J connectivity index is 1.52. The number of nitrogens with zero attached hydrogens (tertiary/aromatic N) is 2. The maximum Gasteiger partial charge on any atom is 0.246 e. The maximum absolute atomic E-state index is 12.9. The van der Waals surface area contributed by atoms with Crippen molar-refractivity contribution in [2.45, 2.75) is 72.1 Å². The first-order chi connectivity index (χ1) is 19.0. The molecule has 0 radical (unpaired) electrons. The van der Waals surface area contributed by atoms with Crippen molar-refractivity contribution in [3.05, 3.63) is 53.1 Å². The van der Waals surface area contributed by atoms with Crippen molar-refractivity contribution < 1.29 is 19.0 Å². The van der Waals surface area contributed by atoms with Crippen LogP contribution in [-0.4, -0.2) is 57.8 Å². The van der Waals surface area contributed by atoms with Crippen LogP contribution in [0.15, 0.2) is 36.4 Å². The van der Waals surface area contributed by atoms with E-state index in [4.69, 9.17) is 14.2 Å². The van der Waals surface area contributed by atoms with Crippen LogP contribution >= 0.6 is 0 Å². The van der Waals surface area contributed by atoms with Gasteiger partial charge in [0.15, 0.2) is 11.5 Å². The Labute approximate surface area is 235 Å². The summed E-state index contributed by atoms with van der Waals surface area (Å²) in [5.41, 5.74) is 4.71. The van der Waals surface area contributed by atoms with Gasteiger partial charge in [-0.1, -0.05) is 64.0 Å². The van der Waals surface area contributed by atoms with Crippen molar-refractivity contribution in [1.82, 2.24) is 4.90 Å². The minimum atomic E-state index is 0.0172. The van der Waals surface area contributed by atoms with E-state index >= 15 is 0 Å². The summed E-state index contributed by atoms with van der Waals surface area (Å²) in [4.78, 5) is 17.2. The molecule has 0 aromatic heterocycles. The van der Waals surface area contributed by atoms with Gasteiger partial charge in [0.2, 0.25) is 11.7 Å². The molecule has 1 fully saturated rings. The van der Waals surface area contributed by atoms with Crippen molar-refractivity contribution >= 4 is 17.7 Å². The number of aryl methyl sites for hydroxylation is 1. The second-order valence-electron chi connectivity index (χ2n) is 10.4. The Hall–Kier alpha value is -3.15. The van der Waals surface area contributed by atoms with E-state index in [1.54, 1.807) is 20.3 Å². The summed E-state index contributed by atoms with van der Waals surface area (Å²) in [6.45, 7) is 10.3. The van der Waals surface area contributed by atoms with Gasteiger partial charge in [0.25, 0.3) is 0 Å². The molecule has 39 heavy (non-hydrogen) atoms. The molecule has 1 aliphatic heterocycles. The van der Waals surface area contributed by atoms with E-state index in [0.717, 1.165) is 25.1 Å². The second-order valence-corrected chi connectivity index (χ2v) is 10.4. The number of rotatable bonds is 15. The monoisotopic (exact) mass is 536 g/mol. The van der Waals surface area contributed by atoms with Crippen LogP contribution in [0.4, 0.5) is 5.69 Å². The third-order valence-corrected chi connectivity index (χ3v) is 7.65. The molecule has 0 unspecified atom stereocenters. The number of amides is 1. The van der Waals surface area contributed by atoms with Crippen molar-refractivity contribution in [2.75, 3.05) is 51.9 Å². The van der Waals surface area contributed by atoms with E-state index in [9.17, 15) is 4.79 Å². The molecule has 0 aliphatic carbocycles. The van der Waals surface area contributed by atoms with Gasteiger partial charge < -0.3 is 24.0 Å². The minimum Gasteiger partial charge on any atom is -0.493 e. The Morgan fingerprint density at radius 2 is 1.49 bits per heavy atom. The molecule has 1 saturated heterocycles. The first-order valence-corrected chi connectivity index (χ1v) is 14.7. The third-order valence-electron chi connectivity index (χ3n) is 7.65. The zero-order valence-electron chi connectivity index (χ0n) is 24.8. The number of ether oxygens (including phenoxy) is 3. The van der Waals surface area contributed by atoms with Gasteiger partial charge in [-0.2, -0.15) is 0 Å². The fourth-order valence-electron chi connectivity index (χ4n) is 5.07. The zero-order valence-corrected chi connectivity index (χ0v) is 24.8. The molecule has 0 N–H and O–H groups in total. The number of piperazine rings is 1. The van der Waals surface area contributed by atoms with Gasteiger partial charge >= 0.3 is 0 Å². The van der Waals surface area contributed by atoms with Gasteiger partial charge in [-0.15, -0.1) is 0 Å². The van der Waals surface area contributed by atoms with E-state index in [2.05, 4.69) is 43.9 Å². The van der Waals surface area contributed by atoms with Gasteiger partial charge in [-0.05, 0) is 61.2 Å². The van der Waals surface area contributed by atoms with E-state index in [-0.39, 0.29) is 5.91 Å². The van der Waals surface area contributed by atoms with Gasteiger partial charge in [0.1, 0.15) is 0 Å². The van der Waals surface area contributed by atoms with Crippen LogP contribution in [0.5, 0.6) is 17.2 Å². The summed E-state index contributed by atoms with van der Waals surface area (Å²) in [6.07, 6.45) is 13.5. The zero-order chi connectivity index (χ0) is 28.0. The number of hydrogen-bond acceptors (Lipinski definition) is 5. The third kappa shape index (κ3) is 8.94. The topological polar surface area (TPSA) is 51.2 Å². The number of methoxy groups -OCH3 is 2. The molecule has 6 heteroatoms. The van der Waals surface area contributed by atoms with Crippen LogP contribution in [0.1, 0.15) is 75.0 Å². The summed E-state index contributed by atoms with van der Waals surface area (Å²) < 4.78 is 17.3. The summed E-state index contributed by atoms with van der Waals surface area (Å²) in [6, 6.07) is 10.2. The highest BCUT2D eigenvalue weighted by Crippen LogP contribution is 2.39. The van der Waals surface area contributed by atoms with Gasteiger partial charge in [0.05, 0.1) is 20.8 Å². The van der Waals surface area contributed by atoms with Crippen molar-refractivity contribution in [3.8, 4) is 17.2 Å². The number of anilines is 1. The molecule has 0 spiro atoms. The lowest BCUT2D eigenvalue weighted by Gasteiger charge is -2.36. The molecule has 0 saturated carbocycles. The number of unbranched alkanes of at least 4 members (excludes halogenated alkanes) is 7. The molecule has 0 atom stereocenters. The smallest absolute Gasteiger partial charge is 0.246 e. The second kappa shape index (κ2) is 16.1. The fraction of sp³-hybridized carbons (Fsp3) is 0.545. The standard InChI is InChI=1S/C33H48N2O4/c1-6-7-8-9-10-11-12-13-23-39-33-30(37-4)24-28(25-31(33)38-5)17-18-32(36)35-21-19-34(20-22-35)29-16-14-15-26(2)27(29)3/h14-18,24-25H,6-13,19-23H2,1-5H3/b18-17+. The van der Waals surface area contributed by atoms with Crippen LogP contribution < -0.4 is 19.1 Å². The Kier molecular flexibility index (Phi) is 12.5. The Bertz CT molecular complexity index is 1050. The van der Waals surface area contributed by atoms with E-state index in [0.29, 0.717) is 36.9 Å². The predicted octanol–water partition coefficient (Wildman–Crippen LogP) is 7.20. The van der Waals surface area contributed by atoms with Gasteiger partial charge in [0, 0.05) is 37.9 Å². The van der Waals surface area contributed by atoms with Crippen LogP contribution in [0.3, 0.4) is 0 Å². The van der Waals surface area contributed by atoms with Gasteiger partial charge in [-0.3, -0.25) is 4.79 Å². The molecule has 2 aromatic carbocycles. The van der Waals surface area contributed by atoms with E-state index in [1.807, 2.05) is 23.1 Å². The summed E-state index contributed by atoms with van der Waals surface area (Å²) >= 11 is 0. The quantitative estimate of drug-likeness (QED) is 0.178. The fourth-order valence-corrected chi connectivity index (χ4v) is 5.07. The molecule has 2 aromatic rings. The minimum absolute atomic E-state index is 0.0172. The van der Waals surface area contributed by atoms with Crippen LogP contribution in [0, 0.1) is 13.8 Å². The summed E-state index contributed by atoms with van der Waals surface area (Å²) in [5.74, 6) is 1.86. The first kappa shape index (κ1) is 30.4. The van der Waals surface area contributed by atoms with Crippen molar-refractivity contribution in [3.63, 3.8) is 0 Å². The van der Waals surface area contributed by atoms with Crippen molar-refractivity contribution in [2.24, 2.45) is 0 Å². The predicted molar refractivity (Wildman–Crippen MR) is 161 cm³/mol. The molecule has 3 rings (SSSR count). The van der Waals surface area contributed by atoms with Crippen molar-refractivity contribution in [1.29, 1.82) is 0 Å². The normalized spacial score (nSPS) is 13.7. The molecule has 0 bridgehead atoms. The Morgan fingerprint density at radius 3 is 2.10 bits per heavy atom. The summed E-state index contributed by atoms with van der Waals surface area (Å²) in [7, 11) is 3.26. The average Bonchev–Trinajstić information content (AvgIpc) is 2.96. The SMILES string of the molecule is CCCCCCCCCCOc1c(OC)cc(/C=C/C(=O)N2CCN(c3cccc(C)c3C)CC2)cc1OC. The first-order valence-electron chi connectivity index (χ1n) is 14.7. The molecular formula is C33H48N2O4. The molecule has 1 amide bonds. The molecule has 214 valence electrons. The van der Waals surface area contributed by atoms with Crippen LogP contribution in [-0.2, 0) is 4.79 Å².